The maximum Gasteiger partial charge on any atom is 0.343 e. The van der Waals surface area contributed by atoms with Crippen LogP contribution in [0.5, 0.6) is 5.75 Å². The lowest BCUT2D eigenvalue weighted by molar-refractivity contribution is -0.384. The van der Waals surface area contributed by atoms with Gasteiger partial charge < -0.3 is 9.15 Å². The van der Waals surface area contributed by atoms with Crippen LogP contribution in [-0.2, 0) is 4.79 Å². The van der Waals surface area contributed by atoms with Crippen LogP contribution in [0.2, 0.25) is 0 Å². The molecule has 0 aliphatic heterocycles. The van der Waals surface area contributed by atoms with E-state index in [0.717, 1.165) is 0 Å². The van der Waals surface area contributed by atoms with Crippen LogP contribution in [0.15, 0.2) is 57.7 Å². The topological polar surface area (TPSA) is 99.7 Å². The molecule has 0 aliphatic rings. The molecule has 0 N–H and O–H groups in total. The van der Waals surface area contributed by atoms with Gasteiger partial charge in [0.05, 0.1) is 23.0 Å². The number of rotatable bonds is 7. The summed E-state index contributed by atoms with van der Waals surface area (Å²) in [5, 5.41) is 11.6. The molecule has 0 radical (unpaired) electrons. The van der Waals surface area contributed by atoms with E-state index in [-0.39, 0.29) is 23.5 Å². The minimum atomic E-state index is -0.635. The predicted octanol–water partition coefficient (Wildman–Crippen LogP) is 4.21. The lowest BCUT2D eigenvalue weighted by Crippen LogP contribution is -2.18. The van der Waals surface area contributed by atoms with Crippen molar-refractivity contribution in [3.63, 3.8) is 0 Å². The first-order valence-corrected chi connectivity index (χ1v) is 8.82. The number of nitro groups is 1. The van der Waals surface area contributed by atoms with Crippen molar-refractivity contribution in [1.29, 1.82) is 0 Å². The molecular weight excluding hydrogens is 362 g/mol. The highest BCUT2D eigenvalue weighted by Crippen LogP contribution is 2.37. The number of hydrogen-bond acceptors (Lipinski definition) is 6. The van der Waals surface area contributed by atoms with E-state index in [2.05, 4.69) is 0 Å². The first-order chi connectivity index (χ1) is 13.5. The fraction of sp³-hybridized carbons (Fsp3) is 0.238. The van der Waals surface area contributed by atoms with Crippen molar-refractivity contribution in [3.05, 3.63) is 80.2 Å². The molecule has 0 amide bonds. The Hall–Kier alpha value is -3.48. The van der Waals surface area contributed by atoms with Crippen molar-refractivity contribution in [2.45, 2.75) is 25.7 Å². The van der Waals surface area contributed by atoms with Crippen molar-refractivity contribution >= 4 is 22.4 Å². The number of para-hydroxylation sites is 1. The summed E-state index contributed by atoms with van der Waals surface area (Å²) in [6, 6.07) is 12.8. The lowest BCUT2D eigenvalue weighted by Gasteiger charge is -2.19. The second-order valence-electron chi connectivity index (χ2n) is 6.33. The van der Waals surface area contributed by atoms with Crippen molar-refractivity contribution < 1.29 is 18.9 Å². The van der Waals surface area contributed by atoms with Crippen molar-refractivity contribution in [1.82, 2.24) is 0 Å². The predicted molar refractivity (Wildman–Crippen MR) is 104 cm³/mol. The summed E-state index contributed by atoms with van der Waals surface area (Å²) < 4.78 is 11.0. The number of carbonyl (C=O) groups excluding carboxylic acids is 1. The van der Waals surface area contributed by atoms with E-state index in [0.29, 0.717) is 28.7 Å². The Balaban J connectivity index is 2.23. The van der Waals surface area contributed by atoms with Gasteiger partial charge in [0, 0.05) is 30.9 Å². The fourth-order valence-corrected chi connectivity index (χ4v) is 3.24. The van der Waals surface area contributed by atoms with Crippen molar-refractivity contribution in [2.75, 3.05) is 7.11 Å². The van der Waals surface area contributed by atoms with Gasteiger partial charge >= 0.3 is 5.63 Å². The molecule has 1 heterocycles. The average molecular weight is 381 g/mol. The highest BCUT2D eigenvalue weighted by Gasteiger charge is 2.27. The average Bonchev–Trinajstić information content (AvgIpc) is 2.71. The van der Waals surface area contributed by atoms with E-state index in [4.69, 9.17) is 9.15 Å². The Morgan fingerprint density at radius 1 is 1.18 bits per heavy atom. The molecule has 0 fully saturated rings. The molecule has 0 saturated heterocycles. The molecule has 0 aliphatic carbocycles. The molecule has 0 bridgehead atoms. The molecule has 3 aromatic rings. The number of carbonyl (C=O) groups is 1. The minimum Gasteiger partial charge on any atom is -0.495 e. The summed E-state index contributed by atoms with van der Waals surface area (Å²) >= 11 is 0. The number of methoxy groups -OCH3 is 1. The maximum absolute atomic E-state index is 12.8. The van der Waals surface area contributed by atoms with E-state index in [1.54, 1.807) is 43.3 Å². The molecule has 7 nitrogen and oxygen atoms in total. The Kier molecular flexibility index (Phi) is 5.54. The van der Waals surface area contributed by atoms with Crippen LogP contribution in [0.4, 0.5) is 5.69 Å². The zero-order valence-electron chi connectivity index (χ0n) is 15.5. The minimum absolute atomic E-state index is 0.0436. The van der Waals surface area contributed by atoms with Crippen LogP contribution >= 0.6 is 0 Å². The Morgan fingerprint density at radius 2 is 1.86 bits per heavy atom. The van der Waals surface area contributed by atoms with E-state index < -0.39 is 16.5 Å². The smallest absolute Gasteiger partial charge is 0.343 e. The maximum atomic E-state index is 12.8. The summed E-state index contributed by atoms with van der Waals surface area (Å²) in [5.74, 6) is -0.332. The van der Waals surface area contributed by atoms with Crippen LogP contribution in [0.25, 0.3) is 11.0 Å². The van der Waals surface area contributed by atoms with Gasteiger partial charge in [-0.1, -0.05) is 31.2 Å². The molecule has 28 heavy (non-hydrogen) atoms. The van der Waals surface area contributed by atoms with Crippen LogP contribution in [0, 0.1) is 10.1 Å². The number of hydrogen-bond donors (Lipinski definition) is 0. The fourth-order valence-electron chi connectivity index (χ4n) is 3.24. The molecule has 0 saturated carbocycles. The molecule has 7 heteroatoms. The zero-order chi connectivity index (χ0) is 20.3. The van der Waals surface area contributed by atoms with Gasteiger partial charge in [-0.15, -0.1) is 0 Å². The molecule has 3 rings (SSSR count). The third-order valence-electron chi connectivity index (χ3n) is 4.68. The molecule has 0 unspecified atom stereocenters. The number of ether oxygens (including phenoxy) is 1. The number of benzene rings is 2. The van der Waals surface area contributed by atoms with E-state index in [1.165, 1.54) is 19.2 Å². The molecule has 0 spiro atoms. The van der Waals surface area contributed by atoms with Crippen LogP contribution in [-0.4, -0.2) is 17.8 Å². The Morgan fingerprint density at radius 3 is 2.46 bits per heavy atom. The second-order valence-corrected chi connectivity index (χ2v) is 6.33. The highest BCUT2D eigenvalue weighted by atomic mass is 16.6. The monoisotopic (exact) mass is 381 g/mol. The Bertz CT molecular complexity index is 1080. The third-order valence-corrected chi connectivity index (χ3v) is 4.68. The van der Waals surface area contributed by atoms with Crippen LogP contribution in [0.3, 0.4) is 0 Å². The number of non-ortho nitro benzene ring substituents is 1. The summed E-state index contributed by atoms with van der Waals surface area (Å²) in [6.45, 7) is 1.75. The largest absolute Gasteiger partial charge is 0.495 e. The third kappa shape index (κ3) is 3.64. The van der Waals surface area contributed by atoms with Crippen molar-refractivity contribution in [2.24, 2.45) is 0 Å². The molecule has 1 atom stereocenters. The first kappa shape index (κ1) is 19.3. The van der Waals surface area contributed by atoms with Gasteiger partial charge in [0.25, 0.3) is 5.69 Å². The highest BCUT2D eigenvalue weighted by molar-refractivity contribution is 5.86. The van der Waals surface area contributed by atoms with Gasteiger partial charge in [-0.3, -0.25) is 14.9 Å². The molecule has 1 aromatic heterocycles. The standard InChI is InChI=1S/C21H19NO6/c1-3-15(23)12-17(13-8-10-14(11-9-13)22(25)26)19-20(27-2)16-6-4-5-7-18(16)28-21(19)24/h4-11,17H,3,12H2,1-2H3/t17-/m0/s1. The lowest BCUT2D eigenvalue weighted by atomic mass is 9.86. The van der Waals surface area contributed by atoms with Gasteiger partial charge in [-0.25, -0.2) is 4.79 Å². The Labute approximate surface area is 160 Å². The van der Waals surface area contributed by atoms with Crippen molar-refractivity contribution in [3.8, 4) is 5.75 Å². The number of ketones is 1. The van der Waals surface area contributed by atoms with E-state index in [1.807, 2.05) is 0 Å². The van der Waals surface area contributed by atoms with Gasteiger partial charge in [-0.2, -0.15) is 0 Å². The number of fused-ring (bicyclic) bond motifs is 1. The van der Waals surface area contributed by atoms with Gasteiger partial charge in [-0.05, 0) is 17.7 Å². The SMILES string of the molecule is CCC(=O)C[C@@H](c1ccc([N+](=O)[O-])cc1)c1c(OC)c2ccccc2oc1=O. The van der Waals surface area contributed by atoms with Crippen LogP contribution in [0.1, 0.15) is 36.8 Å². The van der Waals surface area contributed by atoms with Gasteiger partial charge in [0.15, 0.2) is 0 Å². The normalized spacial score (nSPS) is 11.9. The molecular formula is C21H19NO6. The molecule has 144 valence electrons. The number of Topliss-reactive ketones (excluding diaryl/α,β-unsaturated/α-hetero) is 1. The van der Waals surface area contributed by atoms with Crippen LogP contribution < -0.4 is 10.4 Å². The second kappa shape index (κ2) is 8.04. The van der Waals surface area contributed by atoms with E-state index in [9.17, 15) is 19.7 Å². The summed E-state index contributed by atoms with van der Waals surface area (Å²) in [7, 11) is 1.46. The van der Waals surface area contributed by atoms with Gasteiger partial charge in [0.1, 0.15) is 17.1 Å². The van der Waals surface area contributed by atoms with E-state index >= 15 is 0 Å². The number of nitro benzene ring substituents is 1. The summed E-state index contributed by atoms with van der Waals surface area (Å²) in [4.78, 5) is 35.5. The number of nitrogens with zero attached hydrogens (tertiary/aromatic N) is 1. The summed E-state index contributed by atoms with van der Waals surface area (Å²) in [5.41, 5.74) is 0.562. The first-order valence-electron chi connectivity index (χ1n) is 8.82. The quantitative estimate of drug-likeness (QED) is 0.345. The van der Waals surface area contributed by atoms with Gasteiger partial charge in [0.2, 0.25) is 0 Å². The zero-order valence-corrected chi connectivity index (χ0v) is 15.5. The molecule has 2 aromatic carbocycles. The summed E-state index contributed by atoms with van der Waals surface area (Å²) in [6.07, 6.45) is 0.373.